The summed E-state index contributed by atoms with van der Waals surface area (Å²) in [6.07, 6.45) is 0. The number of nitrogens with one attached hydrogen (secondary N) is 1. The maximum absolute atomic E-state index is 11.7. The van der Waals surface area contributed by atoms with Crippen molar-refractivity contribution < 1.29 is 9.53 Å². The highest BCUT2D eigenvalue weighted by atomic mass is 35.6. The van der Waals surface area contributed by atoms with Gasteiger partial charge in [-0.05, 0) is 12.1 Å². The predicted molar refractivity (Wildman–Crippen MR) is 91.8 cm³/mol. The van der Waals surface area contributed by atoms with E-state index in [1.54, 1.807) is 11.6 Å². The lowest BCUT2D eigenvalue weighted by Crippen LogP contribution is -2.27. The molecule has 10 heteroatoms. The van der Waals surface area contributed by atoms with Crippen molar-refractivity contribution in [3.8, 4) is 17.0 Å². The number of hydrogen-bond acceptors (Lipinski definition) is 5. The second-order valence-corrected chi connectivity index (χ2v) is 7.52. The number of alkyl halides is 3. The molecule has 0 atom stereocenters. The second kappa shape index (κ2) is 6.16. The van der Waals surface area contributed by atoms with Crippen LogP contribution in [0.4, 0.5) is 5.95 Å². The molecule has 2 aromatic heterocycles. The first-order valence-electron chi connectivity index (χ1n) is 6.26. The molecule has 1 amide bonds. The number of anilines is 1. The Morgan fingerprint density at radius 2 is 2.09 bits per heavy atom. The number of benzene rings is 1. The van der Waals surface area contributed by atoms with E-state index in [9.17, 15) is 4.79 Å². The molecule has 3 aromatic rings. The Kier molecular flexibility index (Phi) is 4.37. The van der Waals surface area contributed by atoms with Gasteiger partial charge < -0.3 is 4.74 Å². The molecule has 3 rings (SSSR count). The Morgan fingerprint density at radius 3 is 2.78 bits per heavy atom. The van der Waals surface area contributed by atoms with Crippen molar-refractivity contribution in [2.45, 2.75) is 3.79 Å². The van der Waals surface area contributed by atoms with Crippen LogP contribution in [0.25, 0.3) is 16.2 Å². The first kappa shape index (κ1) is 16.3. The normalized spacial score (nSPS) is 11.7. The fourth-order valence-electron chi connectivity index (χ4n) is 1.95. The van der Waals surface area contributed by atoms with E-state index in [0.717, 1.165) is 11.3 Å². The number of para-hydroxylation sites is 1. The van der Waals surface area contributed by atoms with Gasteiger partial charge in [0.15, 0.2) is 0 Å². The Balaban J connectivity index is 2.00. The van der Waals surface area contributed by atoms with E-state index in [2.05, 4.69) is 15.4 Å². The van der Waals surface area contributed by atoms with Gasteiger partial charge in [0, 0.05) is 10.9 Å². The third-order valence-corrected chi connectivity index (χ3v) is 4.28. The van der Waals surface area contributed by atoms with Gasteiger partial charge in [-0.1, -0.05) is 46.9 Å². The van der Waals surface area contributed by atoms with Crippen LogP contribution >= 0.6 is 46.1 Å². The molecule has 23 heavy (non-hydrogen) atoms. The number of carbonyl (C=O) groups is 1. The van der Waals surface area contributed by atoms with Gasteiger partial charge >= 0.3 is 0 Å². The zero-order valence-electron chi connectivity index (χ0n) is 11.6. The molecule has 0 saturated carbocycles. The zero-order valence-corrected chi connectivity index (χ0v) is 14.7. The quantitative estimate of drug-likeness (QED) is 0.690. The molecule has 0 unspecified atom stereocenters. The summed E-state index contributed by atoms with van der Waals surface area (Å²) in [5.41, 5.74) is 1.63. The van der Waals surface area contributed by atoms with Crippen LogP contribution < -0.4 is 10.1 Å². The number of carbonyl (C=O) groups excluding carboxylic acids is 1. The van der Waals surface area contributed by atoms with Crippen LogP contribution in [0, 0.1) is 0 Å². The maximum Gasteiger partial charge on any atom is 0.278 e. The average Bonchev–Trinajstić information content (AvgIpc) is 3.06. The van der Waals surface area contributed by atoms with Gasteiger partial charge in [-0.3, -0.25) is 10.1 Å². The van der Waals surface area contributed by atoms with Crippen LogP contribution in [0.2, 0.25) is 0 Å². The lowest BCUT2D eigenvalue weighted by Gasteiger charge is -2.08. The molecule has 6 nitrogen and oxygen atoms in total. The predicted octanol–water partition coefficient (Wildman–Crippen LogP) is 3.78. The third-order valence-electron chi connectivity index (χ3n) is 2.95. The first-order chi connectivity index (χ1) is 10.9. The molecule has 1 N–H and O–H groups in total. The number of thiazole rings is 1. The number of halogens is 3. The van der Waals surface area contributed by atoms with E-state index < -0.39 is 9.70 Å². The summed E-state index contributed by atoms with van der Waals surface area (Å²) in [6, 6.07) is 7.52. The van der Waals surface area contributed by atoms with Crippen LogP contribution in [0.1, 0.15) is 0 Å². The molecule has 0 aliphatic rings. The molecule has 0 saturated heterocycles. The Morgan fingerprint density at radius 1 is 1.35 bits per heavy atom. The monoisotopic (exact) mass is 390 g/mol. The molecule has 0 spiro atoms. The molecule has 0 aliphatic heterocycles. The fraction of sp³-hybridized carbons (Fsp3) is 0.154. The van der Waals surface area contributed by atoms with Crippen molar-refractivity contribution in [2.24, 2.45) is 0 Å². The van der Waals surface area contributed by atoms with E-state index in [-0.39, 0.29) is 5.95 Å². The Labute approximate surface area is 149 Å². The number of fused-ring (bicyclic) bond motifs is 1. The number of amides is 1. The molecule has 1 aromatic carbocycles. The summed E-state index contributed by atoms with van der Waals surface area (Å²) < 4.78 is 4.87. The molecular weight excluding hydrogens is 383 g/mol. The minimum Gasteiger partial charge on any atom is -0.496 e. The van der Waals surface area contributed by atoms with Gasteiger partial charge in [-0.2, -0.15) is 4.98 Å². The molecule has 120 valence electrons. The van der Waals surface area contributed by atoms with Gasteiger partial charge in [0.1, 0.15) is 5.75 Å². The Bertz CT molecular complexity index is 872. The van der Waals surface area contributed by atoms with Crippen LogP contribution in [0.3, 0.4) is 0 Å². The van der Waals surface area contributed by atoms with Gasteiger partial charge in [0.2, 0.25) is 4.96 Å². The van der Waals surface area contributed by atoms with E-state index in [1.165, 1.54) is 11.3 Å². The Hall–Kier alpha value is -1.54. The summed E-state index contributed by atoms with van der Waals surface area (Å²) in [5, 5.41) is 8.49. The molecule has 2 heterocycles. The lowest BCUT2D eigenvalue weighted by atomic mass is 10.1. The van der Waals surface area contributed by atoms with E-state index >= 15 is 0 Å². The molecule has 0 radical (unpaired) electrons. The third kappa shape index (κ3) is 3.23. The largest absolute Gasteiger partial charge is 0.496 e. The highest BCUT2D eigenvalue weighted by Crippen LogP contribution is 2.33. The van der Waals surface area contributed by atoms with E-state index in [4.69, 9.17) is 39.5 Å². The summed E-state index contributed by atoms with van der Waals surface area (Å²) in [5.74, 6) is -0.0569. The SMILES string of the molecule is COc1ccccc1-c1csc2nc(NC(=O)C(Cl)(Cl)Cl)nn12. The number of aromatic nitrogens is 3. The van der Waals surface area contributed by atoms with Crippen molar-refractivity contribution in [3.63, 3.8) is 0 Å². The topological polar surface area (TPSA) is 68.5 Å². The first-order valence-corrected chi connectivity index (χ1v) is 8.27. The second-order valence-electron chi connectivity index (χ2n) is 4.40. The van der Waals surface area contributed by atoms with Gasteiger partial charge in [0.25, 0.3) is 15.6 Å². The smallest absolute Gasteiger partial charge is 0.278 e. The molecule has 0 aliphatic carbocycles. The van der Waals surface area contributed by atoms with Gasteiger partial charge in [0.05, 0.1) is 12.8 Å². The number of rotatable bonds is 3. The van der Waals surface area contributed by atoms with Crippen molar-refractivity contribution >= 4 is 63.0 Å². The van der Waals surface area contributed by atoms with Gasteiger partial charge in [-0.15, -0.1) is 16.4 Å². The lowest BCUT2D eigenvalue weighted by molar-refractivity contribution is -0.115. The van der Waals surface area contributed by atoms with Gasteiger partial charge in [-0.25, -0.2) is 4.52 Å². The van der Waals surface area contributed by atoms with Crippen LogP contribution in [0.5, 0.6) is 5.75 Å². The highest BCUT2D eigenvalue weighted by Gasteiger charge is 2.31. The molecular formula is C13H9Cl3N4O2S. The summed E-state index contributed by atoms with van der Waals surface area (Å²) in [7, 11) is 1.59. The summed E-state index contributed by atoms with van der Waals surface area (Å²) in [4.78, 5) is 16.5. The number of hydrogen-bond donors (Lipinski definition) is 1. The summed E-state index contributed by atoms with van der Waals surface area (Å²) >= 11 is 17.9. The van der Waals surface area contributed by atoms with Crippen molar-refractivity contribution in [1.82, 2.24) is 14.6 Å². The van der Waals surface area contributed by atoms with Crippen LogP contribution in [-0.4, -0.2) is 31.4 Å². The van der Waals surface area contributed by atoms with Crippen LogP contribution in [-0.2, 0) is 4.79 Å². The zero-order chi connectivity index (χ0) is 16.6. The van der Waals surface area contributed by atoms with Crippen molar-refractivity contribution in [1.29, 1.82) is 0 Å². The summed E-state index contributed by atoms with van der Waals surface area (Å²) in [6.45, 7) is 0. The molecule has 0 bridgehead atoms. The van der Waals surface area contributed by atoms with E-state index in [0.29, 0.717) is 10.7 Å². The minimum absolute atomic E-state index is 0.0596. The minimum atomic E-state index is -2.08. The number of methoxy groups -OCH3 is 1. The van der Waals surface area contributed by atoms with Crippen molar-refractivity contribution in [2.75, 3.05) is 12.4 Å². The highest BCUT2D eigenvalue weighted by molar-refractivity contribution is 7.15. The van der Waals surface area contributed by atoms with E-state index in [1.807, 2.05) is 29.6 Å². The number of nitrogens with zero attached hydrogens (tertiary/aromatic N) is 3. The van der Waals surface area contributed by atoms with Crippen LogP contribution in [0.15, 0.2) is 29.6 Å². The fourth-order valence-corrected chi connectivity index (χ4v) is 2.91. The molecule has 0 fully saturated rings. The standard InChI is InChI=1S/C13H9Cl3N4O2S/c1-22-9-5-3-2-4-7(9)8-6-23-12-18-11(19-20(8)12)17-10(21)13(14,15)16/h2-6H,1H3,(H,17,19,21). The van der Waals surface area contributed by atoms with Crippen molar-refractivity contribution in [3.05, 3.63) is 29.6 Å². The average molecular weight is 392 g/mol. The maximum atomic E-state index is 11.7. The number of ether oxygens (including phenoxy) is 1.